The molecule has 10 heteroatoms. The number of aromatic nitrogens is 2. The molecule has 0 saturated carbocycles. The van der Waals surface area contributed by atoms with Gasteiger partial charge in [-0.05, 0) is 85.8 Å². The van der Waals surface area contributed by atoms with Crippen LogP contribution in [0, 0.1) is 10.8 Å². The fourth-order valence-corrected chi connectivity index (χ4v) is 9.37. The Balaban J connectivity index is 0.000000168. The summed E-state index contributed by atoms with van der Waals surface area (Å²) >= 11 is 21.6. The summed E-state index contributed by atoms with van der Waals surface area (Å²) in [5.41, 5.74) is 2.85. The molecule has 2 aromatic heterocycles. The molecule has 42 heavy (non-hydrogen) atoms. The van der Waals surface area contributed by atoms with Crippen molar-refractivity contribution < 1.29 is 5.11 Å². The molecule has 6 rings (SSSR count). The molecule has 4 heterocycles. The van der Waals surface area contributed by atoms with Gasteiger partial charge in [0, 0.05) is 48.7 Å². The predicted molar refractivity (Wildman–Crippen MR) is 185 cm³/mol. The van der Waals surface area contributed by atoms with Gasteiger partial charge in [0.05, 0.1) is 20.4 Å². The summed E-state index contributed by atoms with van der Waals surface area (Å²) in [6, 6.07) is 11.8. The average molecular weight is 668 g/mol. The van der Waals surface area contributed by atoms with Crippen LogP contribution in [0.3, 0.4) is 0 Å². The normalized spacial score (nSPS) is 18.3. The van der Waals surface area contributed by atoms with Crippen molar-refractivity contribution in [3.8, 4) is 0 Å². The Bertz CT molecular complexity index is 1350. The van der Waals surface area contributed by atoms with Gasteiger partial charge in [-0.3, -0.25) is 0 Å². The zero-order valence-corrected chi connectivity index (χ0v) is 28.5. The van der Waals surface area contributed by atoms with Crippen molar-refractivity contribution in [2.24, 2.45) is 10.8 Å². The molecule has 0 radical (unpaired) electrons. The standard InChI is InChI=1S/C16H20Cl2N2S.C16H21ClN2OS/c1-2-16(5-8-17)6-9-20(10-7-16)15-19-13-4-3-12(18)11-14(13)21-15;1-2-16(7-10-20)5-8-19(9-6-16)15-18-13-4-3-12(17)11-14(13)21-15/h3-4,11H,2,5-10H2,1H3;3-4,11,20H,2,5-10H2,1H3. The maximum atomic E-state index is 9.28. The van der Waals surface area contributed by atoms with E-state index in [0.29, 0.717) is 17.4 Å². The highest BCUT2D eigenvalue weighted by Crippen LogP contribution is 2.42. The van der Waals surface area contributed by atoms with Crippen LogP contribution in [0.25, 0.3) is 20.4 Å². The minimum absolute atomic E-state index is 0.299. The number of hydrogen-bond acceptors (Lipinski definition) is 7. The van der Waals surface area contributed by atoms with Gasteiger partial charge in [-0.2, -0.15) is 0 Å². The van der Waals surface area contributed by atoms with E-state index in [1.165, 1.54) is 24.0 Å². The first-order valence-corrected chi connectivity index (χ1v) is 18.0. The van der Waals surface area contributed by atoms with Crippen molar-refractivity contribution in [1.82, 2.24) is 9.97 Å². The molecule has 2 aromatic carbocycles. The maximum absolute atomic E-state index is 9.28. The summed E-state index contributed by atoms with van der Waals surface area (Å²) in [5, 5.41) is 13.1. The van der Waals surface area contributed by atoms with Crippen molar-refractivity contribution in [3.05, 3.63) is 46.4 Å². The number of benzene rings is 2. The van der Waals surface area contributed by atoms with E-state index in [0.717, 1.165) is 100 Å². The predicted octanol–water partition coefficient (Wildman–Crippen LogP) is 9.90. The van der Waals surface area contributed by atoms with Crippen LogP contribution in [0.4, 0.5) is 10.3 Å². The average Bonchev–Trinajstić information content (AvgIpc) is 3.62. The molecular formula is C32H41Cl3N4OS2. The second-order valence-electron chi connectivity index (χ2n) is 11.8. The SMILES string of the molecule is CCC1(CCCl)CCN(c2nc3ccc(Cl)cc3s2)CC1.CCC1(CCO)CCN(c2nc3ccc(Cl)cc3s2)CC1. The van der Waals surface area contributed by atoms with Gasteiger partial charge in [-0.25, -0.2) is 9.97 Å². The van der Waals surface area contributed by atoms with Gasteiger partial charge in [-0.1, -0.05) is 72.6 Å². The summed E-state index contributed by atoms with van der Waals surface area (Å²) in [4.78, 5) is 14.3. The highest BCUT2D eigenvalue weighted by Gasteiger charge is 2.34. The van der Waals surface area contributed by atoms with Gasteiger partial charge < -0.3 is 14.9 Å². The van der Waals surface area contributed by atoms with Gasteiger partial charge in [0.15, 0.2) is 10.3 Å². The van der Waals surface area contributed by atoms with Crippen LogP contribution < -0.4 is 9.80 Å². The Hall–Kier alpha value is -1.35. The largest absolute Gasteiger partial charge is 0.396 e. The summed E-state index contributed by atoms with van der Waals surface area (Å²) < 4.78 is 2.32. The molecule has 1 N–H and O–H groups in total. The van der Waals surface area contributed by atoms with Crippen molar-refractivity contribution in [2.75, 3.05) is 48.5 Å². The number of nitrogens with zero attached hydrogens (tertiary/aromatic N) is 4. The third kappa shape index (κ3) is 7.30. The summed E-state index contributed by atoms with van der Waals surface area (Å²) in [6.45, 7) is 9.06. The number of thiazole rings is 2. The maximum Gasteiger partial charge on any atom is 0.186 e. The van der Waals surface area contributed by atoms with Crippen LogP contribution in [0.5, 0.6) is 0 Å². The first kappa shape index (κ1) is 32.1. The van der Waals surface area contributed by atoms with E-state index in [1.807, 2.05) is 36.4 Å². The molecule has 0 spiro atoms. The zero-order chi connectivity index (χ0) is 29.7. The van der Waals surface area contributed by atoms with E-state index in [2.05, 4.69) is 23.6 Å². The Morgan fingerprint density at radius 3 is 1.55 bits per heavy atom. The minimum Gasteiger partial charge on any atom is -0.396 e. The van der Waals surface area contributed by atoms with E-state index in [9.17, 15) is 5.11 Å². The van der Waals surface area contributed by atoms with Crippen molar-refractivity contribution in [2.45, 2.75) is 65.2 Å². The second kappa shape index (κ2) is 14.2. The number of rotatable bonds is 8. The highest BCUT2D eigenvalue weighted by atomic mass is 35.5. The van der Waals surface area contributed by atoms with Gasteiger partial charge >= 0.3 is 0 Å². The van der Waals surface area contributed by atoms with E-state index < -0.39 is 0 Å². The smallest absolute Gasteiger partial charge is 0.186 e. The van der Waals surface area contributed by atoms with Crippen molar-refractivity contribution in [3.63, 3.8) is 0 Å². The Labute approximate surface area is 272 Å². The molecule has 2 aliphatic heterocycles. The number of piperidine rings is 2. The number of aliphatic hydroxyl groups is 1. The Morgan fingerprint density at radius 2 is 1.17 bits per heavy atom. The first-order chi connectivity index (χ1) is 20.3. The molecule has 0 atom stereocenters. The first-order valence-electron chi connectivity index (χ1n) is 15.1. The second-order valence-corrected chi connectivity index (χ2v) is 15.1. The highest BCUT2D eigenvalue weighted by molar-refractivity contribution is 7.22. The van der Waals surface area contributed by atoms with Crippen LogP contribution in [-0.4, -0.2) is 53.7 Å². The quantitative estimate of drug-likeness (QED) is 0.190. The fourth-order valence-electron chi connectivity index (χ4n) is 6.39. The lowest BCUT2D eigenvalue weighted by molar-refractivity contribution is 0.141. The van der Waals surface area contributed by atoms with E-state index in [-0.39, 0.29) is 0 Å². The summed E-state index contributed by atoms with van der Waals surface area (Å²) in [7, 11) is 0. The van der Waals surface area contributed by atoms with Crippen LogP contribution in [0.2, 0.25) is 10.0 Å². The fraction of sp³-hybridized carbons (Fsp3) is 0.562. The lowest BCUT2D eigenvalue weighted by Gasteiger charge is -2.41. The molecule has 0 amide bonds. The van der Waals surface area contributed by atoms with E-state index in [1.54, 1.807) is 22.7 Å². The third-order valence-corrected chi connectivity index (χ3v) is 12.5. The van der Waals surface area contributed by atoms with Crippen LogP contribution in [0.15, 0.2) is 36.4 Å². The van der Waals surface area contributed by atoms with Crippen molar-refractivity contribution in [1.29, 1.82) is 0 Å². The molecule has 228 valence electrons. The zero-order valence-electron chi connectivity index (χ0n) is 24.6. The number of hydrogen-bond donors (Lipinski definition) is 1. The molecule has 5 nitrogen and oxygen atoms in total. The molecule has 2 aliphatic rings. The van der Waals surface area contributed by atoms with Crippen molar-refractivity contribution >= 4 is 88.2 Å². The number of alkyl halides is 1. The van der Waals surface area contributed by atoms with Gasteiger partial charge in [-0.15, -0.1) is 11.6 Å². The van der Waals surface area contributed by atoms with E-state index >= 15 is 0 Å². The third-order valence-electron chi connectivity index (χ3n) is 9.63. The topological polar surface area (TPSA) is 52.5 Å². The lowest BCUT2D eigenvalue weighted by atomic mass is 9.74. The van der Waals surface area contributed by atoms with Gasteiger partial charge in [0.25, 0.3) is 0 Å². The summed E-state index contributed by atoms with van der Waals surface area (Å²) in [5.74, 6) is 0.771. The number of aliphatic hydroxyl groups excluding tert-OH is 1. The Morgan fingerprint density at radius 1 is 0.738 bits per heavy atom. The van der Waals surface area contributed by atoms with Gasteiger partial charge in [0.2, 0.25) is 0 Å². The molecule has 2 fully saturated rings. The number of fused-ring (bicyclic) bond motifs is 2. The van der Waals surface area contributed by atoms with Crippen LogP contribution in [-0.2, 0) is 0 Å². The number of halogens is 3. The summed E-state index contributed by atoms with van der Waals surface area (Å²) in [6.07, 6.45) is 9.14. The van der Waals surface area contributed by atoms with Gasteiger partial charge in [0.1, 0.15) is 0 Å². The molecular weight excluding hydrogens is 627 g/mol. The number of anilines is 2. The molecule has 0 unspecified atom stereocenters. The monoisotopic (exact) mass is 666 g/mol. The molecule has 4 aromatic rings. The minimum atomic E-state index is 0.299. The van der Waals surface area contributed by atoms with Crippen LogP contribution in [0.1, 0.15) is 65.2 Å². The molecule has 0 aliphatic carbocycles. The lowest BCUT2D eigenvalue weighted by Crippen LogP contribution is -2.40. The van der Waals surface area contributed by atoms with E-state index in [4.69, 9.17) is 44.8 Å². The molecule has 0 bridgehead atoms. The van der Waals surface area contributed by atoms with Crippen LogP contribution >= 0.6 is 57.5 Å². The molecule has 2 saturated heterocycles. The Kier molecular flexibility index (Phi) is 10.8.